The van der Waals surface area contributed by atoms with E-state index in [4.69, 9.17) is 4.74 Å². The molecule has 3 rings (SSSR count). The largest absolute Gasteiger partial charge is 0.441 e. The first-order valence-electron chi connectivity index (χ1n) is 8.70. The molecule has 2 aromatic carbocycles. The van der Waals surface area contributed by atoms with Gasteiger partial charge in [0, 0.05) is 17.2 Å². The molecule has 28 heavy (non-hydrogen) atoms. The molecule has 0 atom stereocenters. The fourth-order valence-corrected chi connectivity index (χ4v) is 3.46. The zero-order valence-electron chi connectivity index (χ0n) is 15.9. The Labute approximate surface area is 177 Å². The minimum atomic E-state index is -0.0970. The van der Waals surface area contributed by atoms with Gasteiger partial charge >= 0.3 is 0 Å². The maximum absolute atomic E-state index is 12.3. The summed E-state index contributed by atoms with van der Waals surface area (Å²) in [6.07, 6.45) is 0. The van der Waals surface area contributed by atoms with E-state index in [9.17, 15) is 4.79 Å². The predicted molar refractivity (Wildman–Crippen MR) is 119 cm³/mol. The number of ether oxygens (including phenoxy) is 1. The summed E-state index contributed by atoms with van der Waals surface area (Å²) >= 11 is 4.68. The third-order valence-corrected chi connectivity index (χ3v) is 5.47. The lowest BCUT2D eigenvalue weighted by Crippen LogP contribution is -2.31. The van der Waals surface area contributed by atoms with Gasteiger partial charge in [0.2, 0.25) is 17.0 Å². The molecule has 1 heterocycles. The van der Waals surface area contributed by atoms with Crippen molar-refractivity contribution in [3.05, 3.63) is 58.1 Å². The molecule has 0 spiro atoms. The van der Waals surface area contributed by atoms with Gasteiger partial charge in [-0.2, -0.15) is 4.99 Å². The number of carbonyl (C=O) groups excluding carboxylic acids is 1. The van der Waals surface area contributed by atoms with E-state index >= 15 is 0 Å². The van der Waals surface area contributed by atoms with Crippen LogP contribution in [0.25, 0.3) is 0 Å². The number of carbonyl (C=O) groups is 1. The van der Waals surface area contributed by atoms with Crippen molar-refractivity contribution in [1.82, 2.24) is 5.01 Å². The van der Waals surface area contributed by atoms with Gasteiger partial charge < -0.3 is 10.1 Å². The van der Waals surface area contributed by atoms with Crippen LogP contribution in [0.2, 0.25) is 0 Å². The summed E-state index contributed by atoms with van der Waals surface area (Å²) in [6, 6.07) is 13.4. The number of rotatable bonds is 4. The second kappa shape index (κ2) is 9.25. The number of thioether (sulfide) groups is 1. The molecule has 6 nitrogen and oxygen atoms in total. The molecule has 1 N–H and O–H groups in total. The summed E-state index contributed by atoms with van der Waals surface area (Å²) in [4.78, 5) is 16.8. The van der Waals surface area contributed by atoms with E-state index < -0.39 is 0 Å². The van der Waals surface area contributed by atoms with Gasteiger partial charge in [0.05, 0.1) is 5.75 Å². The number of hydrogen-bond donors (Lipinski definition) is 1. The van der Waals surface area contributed by atoms with E-state index in [2.05, 4.69) is 31.3 Å². The molecule has 0 saturated carbocycles. The molecule has 0 radical (unpaired) electrons. The third kappa shape index (κ3) is 5.59. The number of nitrogens with zero attached hydrogens (tertiary/aromatic N) is 3. The highest BCUT2D eigenvalue weighted by Crippen LogP contribution is 2.20. The van der Waals surface area contributed by atoms with Gasteiger partial charge in [-0.15, -0.1) is 5.10 Å². The number of amides is 1. The number of benzene rings is 2. The van der Waals surface area contributed by atoms with Gasteiger partial charge in [-0.3, -0.25) is 9.80 Å². The second-order valence-electron chi connectivity index (χ2n) is 6.34. The van der Waals surface area contributed by atoms with E-state index in [1.165, 1.54) is 11.8 Å². The van der Waals surface area contributed by atoms with Crippen molar-refractivity contribution < 1.29 is 9.53 Å². The highest BCUT2D eigenvalue weighted by Gasteiger charge is 2.16. The van der Waals surface area contributed by atoms with Gasteiger partial charge in [0.15, 0.2) is 0 Å². The molecular formula is C20H21BrN4O2S. The normalized spacial score (nSPS) is 13.6. The molecule has 0 fully saturated rings. The molecule has 1 amide bonds. The van der Waals surface area contributed by atoms with E-state index in [0.717, 1.165) is 21.3 Å². The van der Waals surface area contributed by atoms with Gasteiger partial charge in [-0.05, 0) is 55.3 Å². The fraction of sp³-hybridized carbons (Fsp3) is 0.250. The van der Waals surface area contributed by atoms with Gasteiger partial charge in [-0.25, -0.2) is 0 Å². The second-order valence-corrected chi connectivity index (χ2v) is 8.20. The highest BCUT2D eigenvalue weighted by atomic mass is 79.9. The van der Waals surface area contributed by atoms with Crippen LogP contribution in [0.3, 0.4) is 0 Å². The van der Waals surface area contributed by atoms with Crippen LogP contribution in [0.5, 0.6) is 5.75 Å². The Kier molecular flexibility index (Phi) is 6.74. The molecule has 8 heteroatoms. The highest BCUT2D eigenvalue weighted by molar-refractivity contribution is 9.10. The zero-order valence-corrected chi connectivity index (χ0v) is 18.3. The molecule has 2 aromatic rings. The first-order chi connectivity index (χ1) is 13.4. The van der Waals surface area contributed by atoms with Crippen molar-refractivity contribution in [2.24, 2.45) is 10.1 Å². The summed E-state index contributed by atoms with van der Waals surface area (Å²) < 4.78 is 6.82. The van der Waals surface area contributed by atoms with Crippen LogP contribution in [0.1, 0.15) is 11.1 Å². The lowest BCUT2D eigenvalue weighted by molar-refractivity contribution is -0.113. The van der Waals surface area contributed by atoms with Crippen LogP contribution in [0.15, 0.2) is 57.0 Å². The third-order valence-electron chi connectivity index (χ3n) is 4.10. The maximum Gasteiger partial charge on any atom is 0.234 e. The number of aryl methyl sites for hydroxylation is 1. The van der Waals surface area contributed by atoms with Crippen molar-refractivity contribution in [3.8, 4) is 5.75 Å². The molecule has 0 aromatic heterocycles. The Morgan fingerprint density at radius 1 is 1.25 bits per heavy atom. The molecule has 0 saturated heterocycles. The van der Waals surface area contributed by atoms with E-state index in [1.807, 2.05) is 63.4 Å². The summed E-state index contributed by atoms with van der Waals surface area (Å²) in [5.41, 5.74) is 3.04. The van der Waals surface area contributed by atoms with Crippen molar-refractivity contribution in [1.29, 1.82) is 0 Å². The number of nitrogens with one attached hydrogen (secondary N) is 1. The number of anilines is 1. The van der Waals surface area contributed by atoms with E-state index in [1.54, 1.807) is 5.01 Å². The average Bonchev–Trinajstić information content (AvgIpc) is 2.65. The Hall–Kier alpha value is -2.32. The quantitative estimate of drug-likeness (QED) is 0.732. The molecule has 0 bridgehead atoms. The van der Waals surface area contributed by atoms with Crippen LogP contribution in [0, 0.1) is 13.8 Å². The number of aliphatic imine (C=N–C) groups is 1. The van der Waals surface area contributed by atoms with Crippen molar-refractivity contribution >= 4 is 50.4 Å². The topological polar surface area (TPSA) is 66.3 Å². The molecule has 1 aliphatic rings. The van der Waals surface area contributed by atoms with Crippen molar-refractivity contribution in [2.75, 3.05) is 24.7 Å². The summed E-state index contributed by atoms with van der Waals surface area (Å²) in [5, 5.41) is 9.54. The van der Waals surface area contributed by atoms with Crippen LogP contribution in [0.4, 0.5) is 5.69 Å². The van der Waals surface area contributed by atoms with E-state index in [0.29, 0.717) is 23.4 Å². The average molecular weight is 461 g/mol. The monoisotopic (exact) mass is 460 g/mol. The number of hydrogen-bond acceptors (Lipinski definition) is 6. The minimum Gasteiger partial charge on any atom is -0.441 e. The fourth-order valence-electron chi connectivity index (χ4n) is 2.50. The lowest BCUT2D eigenvalue weighted by atomic mass is 10.1. The molecular weight excluding hydrogens is 440 g/mol. The van der Waals surface area contributed by atoms with Crippen LogP contribution in [-0.2, 0) is 4.79 Å². The van der Waals surface area contributed by atoms with Crippen LogP contribution in [-0.4, -0.2) is 41.3 Å². The molecule has 0 aliphatic carbocycles. The number of likely N-dealkylation sites (N-methyl/N-ethyl adjacent to an activating group) is 1. The summed E-state index contributed by atoms with van der Waals surface area (Å²) in [6.45, 7) is 4.48. The Balaban J connectivity index is 1.59. The standard InChI is InChI=1S/C20H21BrN4O2S/c1-13-5-4-6-17(14(13)2)22-18(26)12-28-20-23-19(11-25(3)24-20)27-16-9-7-15(21)8-10-16/h4-10H,11-12H2,1-3H3,(H,22,26). The van der Waals surface area contributed by atoms with Crippen molar-refractivity contribution in [3.63, 3.8) is 0 Å². The lowest BCUT2D eigenvalue weighted by Gasteiger charge is -2.20. The smallest absolute Gasteiger partial charge is 0.234 e. The molecule has 1 aliphatic heterocycles. The molecule has 0 unspecified atom stereocenters. The number of amidine groups is 1. The number of hydrazone groups is 1. The first kappa shape index (κ1) is 20.4. The SMILES string of the molecule is Cc1cccc(NC(=O)CSC2=NN(C)CC(Oc3ccc(Br)cc3)=N2)c1C. The van der Waals surface area contributed by atoms with Gasteiger partial charge in [0.25, 0.3) is 0 Å². The Morgan fingerprint density at radius 3 is 2.75 bits per heavy atom. The van der Waals surface area contributed by atoms with Crippen molar-refractivity contribution in [2.45, 2.75) is 13.8 Å². The maximum atomic E-state index is 12.3. The van der Waals surface area contributed by atoms with Gasteiger partial charge in [-0.1, -0.05) is 39.8 Å². The summed E-state index contributed by atoms with van der Waals surface area (Å²) in [7, 11) is 1.84. The van der Waals surface area contributed by atoms with E-state index in [-0.39, 0.29) is 11.7 Å². The zero-order chi connectivity index (χ0) is 20.1. The Morgan fingerprint density at radius 2 is 2.00 bits per heavy atom. The molecule has 146 valence electrons. The first-order valence-corrected chi connectivity index (χ1v) is 10.5. The summed E-state index contributed by atoms with van der Waals surface area (Å²) in [5.74, 6) is 1.36. The van der Waals surface area contributed by atoms with Crippen LogP contribution < -0.4 is 10.1 Å². The van der Waals surface area contributed by atoms with Crippen LogP contribution >= 0.6 is 27.7 Å². The number of halogens is 1. The predicted octanol–water partition coefficient (Wildman–Crippen LogP) is 4.43. The van der Waals surface area contributed by atoms with Gasteiger partial charge in [0.1, 0.15) is 12.3 Å². The Bertz CT molecular complexity index is 928. The minimum absolute atomic E-state index is 0.0970.